The van der Waals surface area contributed by atoms with Gasteiger partial charge in [-0.3, -0.25) is 4.90 Å². The monoisotopic (exact) mass is 330 g/mol. The lowest BCUT2D eigenvalue weighted by Gasteiger charge is -2.22. The minimum atomic E-state index is -4.38. The van der Waals surface area contributed by atoms with Crippen molar-refractivity contribution in [3.63, 3.8) is 0 Å². The quantitative estimate of drug-likeness (QED) is 0.840. The van der Waals surface area contributed by atoms with E-state index in [1.54, 1.807) is 24.9 Å². The molecule has 0 aliphatic heterocycles. The molecule has 0 fully saturated rings. The fraction of sp³-hybridized carbons (Fsp3) is 0.583. The number of aryl methyl sites for hydroxylation is 1. The van der Waals surface area contributed by atoms with Gasteiger partial charge in [0.05, 0.1) is 12.5 Å². The molecule has 1 aromatic heterocycles. The van der Waals surface area contributed by atoms with E-state index in [9.17, 15) is 18.3 Å². The van der Waals surface area contributed by atoms with Crippen LogP contribution in [-0.2, 0) is 6.54 Å². The van der Waals surface area contributed by atoms with Crippen LogP contribution >= 0.6 is 23.2 Å². The fourth-order valence-electron chi connectivity index (χ4n) is 1.84. The maximum atomic E-state index is 12.1. The molecule has 1 aromatic rings. The number of likely N-dealkylation sites (N-methyl/N-ethyl adjacent to an activating group) is 1. The van der Waals surface area contributed by atoms with E-state index >= 15 is 0 Å². The molecule has 1 N–H and O–H groups in total. The SMILES string of the molecule is Cc1cc(Cl)nc(Cl)c1CN(C)CC(O)CC(F)(F)F. The molecule has 114 valence electrons. The van der Waals surface area contributed by atoms with Gasteiger partial charge in [0.2, 0.25) is 0 Å². The van der Waals surface area contributed by atoms with Gasteiger partial charge in [-0.1, -0.05) is 23.2 Å². The molecule has 0 aliphatic carbocycles. The average Bonchev–Trinajstić information content (AvgIpc) is 2.20. The van der Waals surface area contributed by atoms with Crippen molar-refractivity contribution in [1.29, 1.82) is 0 Å². The number of aromatic nitrogens is 1. The van der Waals surface area contributed by atoms with E-state index < -0.39 is 18.7 Å². The molecule has 0 aromatic carbocycles. The second kappa shape index (κ2) is 6.93. The van der Waals surface area contributed by atoms with Crippen LogP contribution in [-0.4, -0.2) is 40.9 Å². The van der Waals surface area contributed by atoms with Gasteiger partial charge in [0.15, 0.2) is 0 Å². The number of aliphatic hydroxyl groups excluding tert-OH is 1. The molecule has 3 nitrogen and oxygen atoms in total. The van der Waals surface area contributed by atoms with Crippen molar-refractivity contribution in [1.82, 2.24) is 9.88 Å². The molecule has 0 saturated carbocycles. The molecule has 1 rings (SSSR count). The van der Waals surface area contributed by atoms with Crippen molar-refractivity contribution < 1.29 is 18.3 Å². The van der Waals surface area contributed by atoms with Crippen LogP contribution < -0.4 is 0 Å². The zero-order valence-corrected chi connectivity index (χ0v) is 12.5. The summed E-state index contributed by atoms with van der Waals surface area (Å²) in [6.07, 6.45) is -7.09. The molecule has 1 atom stereocenters. The normalized spacial score (nSPS) is 13.8. The van der Waals surface area contributed by atoms with Gasteiger partial charge in [-0.05, 0) is 25.6 Å². The van der Waals surface area contributed by atoms with Crippen molar-refractivity contribution in [2.45, 2.75) is 32.2 Å². The van der Waals surface area contributed by atoms with Gasteiger partial charge in [0, 0.05) is 18.7 Å². The lowest BCUT2D eigenvalue weighted by atomic mass is 10.1. The predicted octanol–water partition coefficient (Wildman–Crippen LogP) is 3.44. The molecule has 20 heavy (non-hydrogen) atoms. The van der Waals surface area contributed by atoms with Crippen molar-refractivity contribution in [3.05, 3.63) is 27.5 Å². The van der Waals surface area contributed by atoms with E-state index in [0.29, 0.717) is 5.56 Å². The fourth-order valence-corrected chi connectivity index (χ4v) is 2.43. The maximum absolute atomic E-state index is 12.1. The maximum Gasteiger partial charge on any atom is 0.391 e. The number of aliphatic hydroxyl groups is 1. The Morgan fingerprint density at radius 1 is 1.40 bits per heavy atom. The topological polar surface area (TPSA) is 36.4 Å². The Morgan fingerprint density at radius 2 is 2.00 bits per heavy atom. The van der Waals surface area contributed by atoms with Crippen molar-refractivity contribution in [2.75, 3.05) is 13.6 Å². The first-order valence-electron chi connectivity index (χ1n) is 5.83. The van der Waals surface area contributed by atoms with Gasteiger partial charge in [-0.2, -0.15) is 13.2 Å². The van der Waals surface area contributed by atoms with Gasteiger partial charge in [0.25, 0.3) is 0 Å². The molecule has 1 unspecified atom stereocenters. The molecular formula is C12H15Cl2F3N2O. The number of nitrogens with zero attached hydrogens (tertiary/aromatic N) is 2. The standard InChI is InChI=1S/C12H15Cl2F3N2O/c1-7-3-10(13)18-11(14)9(7)6-19(2)5-8(20)4-12(15,16)17/h3,8,20H,4-6H2,1-2H3. The first kappa shape index (κ1) is 17.5. The zero-order chi connectivity index (χ0) is 15.5. The summed E-state index contributed by atoms with van der Waals surface area (Å²) in [6, 6.07) is 1.63. The van der Waals surface area contributed by atoms with Gasteiger partial charge >= 0.3 is 6.18 Å². The smallest absolute Gasteiger partial charge is 0.391 e. The molecule has 0 saturated heterocycles. The Hall–Kier alpha value is -0.560. The lowest BCUT2D eigenvalue weighted by molar-refractivity contribution is -0.155. The highest BCUT2D eigenvalue weighted by Gasteiger charge is 2.31. The summed E-state index contributed by atoms with van der Waals surface area (Å²) in [6.45, 7) is 1.95. The van der Waals surface area contributed by atoms with Crippen LogP contribution in [0.25, 0.3) is 0 Å². The van der Waals surface area contributed by atoms with Gasteiger partial charge in [0.1, 0.15) is 10.3 Å². The molecule has 0 radical (unpaired) electrons. The van der Waals surface area contributed by atoms with E-state index in [1.165, 1.54) is 0 Å². The molecule has 0 spiro atoms. The number of hydrogen-bond donors (Lipinski definition) is 1. The Balaban J connectivity index is 2.65. The van der Waals surface area contributed by atoms with Crippen molar-refractivity contribution in [2.24, 2.45) is 0 Å². The summed E-state index contributed by atoms with van der Waals surface area (Å²) in [4.78, 5) is 5.44. The highest BCUT2D eigenvalue weighted by atomic mass is 35.5. The molecule has 0 amide bonds. The van der Waals surface area contributed by atoms with Crippen LogP contribution in [0.5, 0.6) is 0 Å². The lowest BCUT2D eigenvalue weighted by Crippen LogP contribution is -2.32. The van der Waals surface area contributed by atoms with E-state index in [0.717, 1.165) is 5.56 Å². The highest BCUT2D eigenvalue weighted by molar-refractivity contribution is 6.33. The van der Waals surface area contributed by atoms with Crippen LogP contribution in [0.3, 0.4) is 0 Å². The minimum absolute atomic E-state index is 0.113. The van der Waals surface area contributed by atoms with Crippen LogP contribution in [0.4, 0.5) is 13.2 Å². The first-order valence-corrected chi connectivity index (χ1v) is 6.59. The van der Waals surface area contributed by atoms with Crippen LogP contribution in [0, 0.1) is 6.92 Å². The third-order valence-electron chi connectivity index (χ3n) is 2.68. The molecular weight excluding hydrogens is 316 g/mol. The van der Waals surface area contributed by atoms with Gasteiger partial charge < -0.3 is 5.11 Å². The highest BCUT2D eigenvalue weighted by Crippen LogP contribution is 2.24. The average molecular weight is 331 g/mol. The van der Waals surface area contributed by atoms with Crippen molar-refractivity contribution >= 4 is 23.2 Å². The second-order valence-electron chi connectivity index (χ2n) is 4.70. The van der Waals surface area contributed by atoms with E-state index in [4.69, 9.17) is 23.2 Å². The minimum Gasteiger partial charge on any atom is -0.391 e. The number of rotatable bonds is 5. The Labute approximate surface area is 125 Å². The third-order valence-corrected chi connectivity index (χ3v) is 3.19. The Bertz CT molecular complexity index is 446. The molecule has 0 aliphatic rings. The predicted molar refractivity (Wildman–Crippen MR) is 72.0 cm³/mol. The van der Waals surface area contributed by atoms with E-state index in [-0.39, 0.29) is 23.4 Å². The number of alkyl halides is 3. The number of halogens is 5. The summed E-state index contributed by atoms with van der Waals surface area (Å²) >= 11 is 11.7. The van der Waals surface area contributed by atoms with Crippen LogP contribution in [0.15, 0.2) is 6.07 Å². The molecule has 8 heteroatoms. The number of hydrogen-bond acceptors (Lipinski definition) is 3. The summed E-state index contributed by atoms with van der Waals surface area (Å²) in [5, 5.41) is 9.86. The van der Waals surface area contributed by atoms with Crippen LogP contribution in [0.1, 0.15) is 17.5 Å². The van der Waals surface area contributed by atoms with E-state index in [1.807, 2.05) is 0 Å². The largest absolute Gasteiger partial charge is 0.391 e. The summed E-state index contributed by atoms with van der Waals surface area (Å²) in [5.41, 5.74) is 1.48. The summed E-state index contributed by atoms with van der Waals surface area (Å²) in [5.74, 6) is 0. The third kappa shape index (κ3) is 5.83. The van der Waals surface area contributed by atoms with E-state index in [2.05, 4.69) is 4.98 Å². The van der Waals surface area contributed by atoms with Crippen LogP contribution in [0.2, 0.25) is 10.3 Å². The zero-order valence-electron chi connectivity index (χ0n) is 11.0. The Kier molecular flexibility index (Phi) is 6.06. The summed E-state index contributed by atoms with van der Waals surface area (Å²) < 4.78 is 36.4. The van der Waals surface area contributed by atoms with Gasteiger partial charge in [-0.25, -0.2) is 4.98 Å². The molecule has 1 heterocycles. The molecule has 0 bridgehead atoms. The summed E-state index contributed by atoms with van der Waals surface area (Å²) in [7, 11) is 1.60. The number of pyridine rings is 1. The first-order chi connectivity index (χ1) is 9.08. The van der Waals surface area contributed by atoms with Crippen molar-refractivity contribution in [3.8, 4) is 0 Å². The Morgan fingerprint density at radius 3 is 2.50 bits per heavy atom. The van der Waals surface area contributed by atoms with Gasteiger partial charge in [-0.15, -0.1) is 0 Å². The second-order valence-corrected chi connectivity index (χ2v) is 5.45.